The van der Waals surface area contributed by atoms with Gasteiger partial charge in [0.15, 0.2) is 0 Å². The van der Waals surface area contributed by atoms with Crippen LogP contribution in [-0.2, 0) is 6.54 Å². The number of hydrogen-bond donors (Lipinski definition) is 1. The van der Waals surface area contributed by atoms with Crippen LogP contribution in [0.3, 0.4) is 0 Å². The van der Waals surface area contributed by atoms with Crippen molar-refractivity contribution < 1.29 is 4.39 Å². The van der Waals surface area contributed by atoms with Gasteiger partial charge in [-0.2, -0.15) is 0 Å². The van der Waals surface area contributed by atoms with E-state index in [1.54, 1.807) is 24.5 Å². The molecule has 2 rings (SSSR count). The van der Waals surface area contributed by atoms with Gasteiger partial charge in [0.25, 0.3) is 0 Å². The molecule has 0 unspecified atom stereocenters. The molecule has 1 heterocycles. The van der Waals surface area contributed by atoms with E-state index in [0.29, 0.717) is 16.8 Å². The van der Waals surface area contributed by atoms with Gasteiger partial charge < -0.3 is 5.73 Å². The summed E-state index contributed by atoms with van der Waals surface area (Å²) in [5.74, 6) is -0.303. The highest BCUT2D eigenvalue weighted by atomic mass is 19.1. The third-order valence-electron chi connectivity index (χ3n) is 2.35. The van der Waals surface area contributed by atoms with Crippen LogP contribution in [0.15, 0.2) is 30.6 Å². The number of aryl methyl sites for hydroxylation is 1. The van der Waals surface area contributed by atoms with Crippen LogP contribution in [0.2, 0.25) is 0 Å². The van der Waals surface area contributed by atoms with Crippen molar-refractivity contribution in [1.82, 2.24) is 9.97 Å². The van der Waals surface area contributed by atoms with Gasteiger partial charge in [0.1, 0.15) is 5.82 Å². The Bertz CT molecular complexity index is 494. The van der Waals surface area contributed by atoms with E-state index < -0.39 is 0 Å². The van der Waals surface area contributed by atoms with Gasteiger partial charge in [-0.3, -0.25) is 9.97 Å². The molecule has 2 N–H and O–H groups in total. The minimum absolute atomic E-state index is 0.200. The first-order chi connectivity index (χ1) is 7.70. The summed E-state index contributed by atoms with van der Waals surface area (Å²) in [5, 5.41) is 0. The summed E-state index contributed by atoms with van der Waals surface area (Å²) < 4.78 is 13.5. The highest BCUT2D eigenvalue weighted by Gasteiger charge is 2.04. The maximum atomic E-state index is 13.5. The number of benzene rings is 1. The van der Waals surface area contributed by atoms with Gasteiger partial charge in [0, 0.05) is 23.9 Å². The molecule has 2 aromatic rings. The Morgan fingerprint density at radius 3 is 2.62 bits per heavy atom. The van der Waals surface area contributed by atoms with Crippen LogP contribution >= 0.6 is 0 Å². The van der Waals surface area contributed by atoms with Crippen LogP contribution in [0, 0.1) is 12.7 Å². The molecule has 1 aromatic carbocycles. The number of aromatic nitrogens is 2. The molecule has 0 saturated carbocycles. The normalized spacial score (nSPS) is 10.4. The molecule has 0 bridgehead atoms. The second kappa shape index (κ2) is 4.37. The van der Waals surface area contributed by atoms with Crippen molar-refractivity contribution >= 4 is 0 Å². The van der Waals surface area contributed by atoms with E-state index in [1.807, 2.05) is 6.92 Å². The molecular formula is C12H12FN3. The third-order valence-corrected chi connectivity index (χ3v) is 2.35. The number of nitrogens with two attached hydrogens (primary N) is 1. The Morgan fingerprint density at radius 1 is 1.25 bits per heavy atom. The Kier molecular flexibility index (Phi) is 2.92. The monoisotopic (exact) mass is 217 g/mol. The van der Waals surface area contributed by atoms with Crippen LogP contribution in [0.5, 0.6) is 0 Å². The van der Waals surface area contributed by atoms with Gasteiger partial charge in [-0.25, -0.2) is 4.39 Å². The summed E-state index contributed by atoms with van der Waals surface area (Å²) in [6.45, 7) is 2.06. The predicted octanol–water partition coefficient (Wildman–Crippen LogP) is 2.05. The molecule has 0 radical (unpaired) electrons. The van der Waals surface area contributed by atoms with E-state index in [9.17, 15) is 4.39 Å². The maximum Gasteiger partial charge on any atom is 0.128 e. The summed E-state index contributed by atoms with van der Waals surface area (Å²) in [5.41, 5.74) is 8.10. The molecule has 0 fully saturated rings. The molecular weight excluding hydrogens is 205 g/mol. The zero-order chi connectivity index (χ0) is 11.5. The summed E-state index contributed by atoms with van der Waals surface area (Å²) in [6, 6.07) is 4.90. The van der Waals surface area contributed by atoms with Gasteiger partial charge in [-0.05, 0) is 13.0 Å². The Balaban J connectivity index is 2.41. The molecule has 4 heteroatoms. The Labute approximate surface area is 93.2 Å². The van der Waals surface area contributed by atoms with E-state index in [2.05, 4.69) is 9.97 Å². The lowest BCUT2D eigenvalue weighted by Gasteiger charge is -2.04. The molecule has 1 aromatic heterocycles. The van der Waals surface area contributed by atoms with Crippen molar-refractivity contribution in [2.45, 2.75) is 13.5 Å². The quantitative estimate of drug-likeness (QED) is 0.837. The lowest BCUT2D eigenvalue weighted by atomic mass is 10.1. The fraction of sp³-hybridized carbons (Fsp3) is 0.167. The van der Waals surface area contributed by atoms with Gasteiger partial charge in [-0.15, -0.1) is 0 Å². The van der Waals surface area contributed by atoms with E-state index in [0.717, 1.165) is 5.69 Å². The number of rotatable bonds is 2. The summed E-state index contributed by atoms with van der Waals surface area (Å²) in [6.07, 6.45) is 3.29. The standard InChI is InChI=1S/C12H12FN3/c1-8-6-16-12(7-15-8)9-2-3-10(5-14)11(13)4-9/h2-4,6-7H,5,14H2,1H3. The average Bonchev–Trinajstić information content (AvgIpc) is 2.30. The van der Waals surface area contributed by atoms with Crippen molar-refractivity contribution in [2.75, 3.05) is 0 Å². The molecule has 0 aliphatic carbocycles. The number of nitrogens with zero attached hydrogens (tertiary/aromatic N) is 2. The van der Waals surface area contributed by atoms with Gasteiger partial charge in [0.2, 0.25) is 0 Å². The topological polar surface area (TPSA) is 51.8 Å². The first-order valence-corrected chi connectivity index (χ1v) is 4.98. The lowest BCUT2D eigenvalue weighted by molar-refractivity contribution is 0.611. The van der Waals surface area contributed by atoms with Crippen LogP contribution in [-0.4, -0.2) is 9.97 Å². The predicted molar refractivity (Wildman–Crippen MR) is 60.1 cm³/mol. The maximum absolute atomic E-state index is 13.5. The minimum atomic E-state index is -0.303. The molecule has 0 amide bonds. The molecule has 0 aliphatic heterocycles. The molecule has 16 heavy (non-hydrogen) atoms. The van der Waals surface area contributed by atoms with Gasteiger partial charge in [0.05, 0.1) is 17.6 Å². The van der Waals surface area contributed by atoms with Crippen LogP contribution < -0.4 is 5.73 Å². The van der Waals surface area contributed by atoms with E-state index in [4.69, 9.17) is 5.73 Å². The largest absolute Gasteiger partial charge is 0.326 e. The Hall–Kier alpha value is -1.81. The zero-order valence-electron chi connectivity index (χ0n) is 8.94. The summed E-state index contributed by atoms with van der Waals surface area (Å²) in [7, 11) is 0. The van der Waals surface area contributed by atoms with Crippen molar-refractivity contribution in [3.63, 3.8) is 0 Å². The number of hydrogen-bond acceptors (Lipinski definition) is 3. The van der Waals surface area contributed by atoms with Gasteiger partial charge in [-0.1, -0.05) is 12.1 Å². The molecule has 82 valence electrons. The highest BCUT2D eigenvalue weighted by molar-refractivity contribution is 5.58. The van der Waals surface area contributed by atoms with E-state index in [1.165, 1.54) is 6.07 Å². The van der Waals surface area contributed by atoms with Gasteiger partial charge >= 0.3 is 0 Å². The SMILES string of the molecule is Cc1cnc(-c2ccc(CN)c(F)c2)cn1. The van der Waals surface area contributed by atoms with E-state index in [-0.39, 0.29) is 12.4 Å². The molecule has 0 spiro atoms. The average molecular weight is 217 g/mol. The van der Waals surface area contributed by atoms with Crippen molar-refractivity contribution in [3.8, 4) is 11.3 Å². The molecule has 0 saturated heterocycles. The third kappa shape index (κ3) is 2.06. The minimum Gasteiger partial charge on any atom is -0.326 e. The van der Waals surface area contributed by atoms with Crippen LogP contribution in [0.4, 0.5) is 4.39 Å². The highest BCUT2D eigenvalue weighted by Crippen LogP contribution is 2.19. The lowest BCUT2D eigenvalue weighted by Crippen LogP contribution is -1.99. The Morgan fingerprint density at radius 2 is 2.06 bits per heavy atom. The smallest absolute Gasteiger partial charge is 0.128 e. The summed E-state index contributed by atoms with van der Waals surface area (Å²) in [4.78, 5) is 8.30. The molecule has 0 atom stereocenters. The second-order valence-corrected chi connectivity index (χ2v) is 3.55. The number of halogens is 1. The zero-order valence-corrected chi connectivity index (χ0v) is 8.94. The second-order valence-electron chi connectivity index (χ2n) is 3.55. The first-order valence-electron chi connectivity index (χ1n) is 4.98. The van der Waals surface area contributed by atoms with Crippen molar-refractivity contribution in [2.24, 2.45) is 5.73 Å². The summed E-state index contributed by atoms with van der Waals surface area (Å²) >= 11 is 0. The van der Waals surface area contributed by atoms with Crippen molar-refractivity contribution in [1.29, 1.82) is 0 Å². The fourth-order valence-corrected chi connectivity index (χ4v) is 1.41. The fourth-order valence-electron chi connectivity index (χ4n) is 1.41. The first kappa shape index (κ1) is 10.7. The van der Waals surface area contributed by atoms with E-state index >= 15 is 0 Å². The molecule has 3 nitrogen and oxygen atoms in total. The molecule has 0 aliphatic rings. The van der Waals surface area contributed by atoms with Crippen LogP contribution in [0.1, 0.15) is 11.3 Å². The van der Waals surface area contributed by atoms with Crippen LogP contribution in [0.25, 0.3) is 11.3 Å². The van der Waals surface area contributed by atoms with Crippen molar-refractivity contribution in [3.05, 3.63) is 47.7 Å².